The fourth-order valence-electron chi connectivity index (χ4n) is 3.30. The largest absolute Gasteiger partial charge is 0.496 e. The van der Waals surface area contributed by atoms with Crippen molar-refractivity contribution in [3.05, 3.63) is 29.3 Å². The van der Waals surface area contributed by atoms with Crippen molar-refractivity contribution in [2.45, 2.75) is 52.9 Å². The molecule has 0 bridgehead atoms. The summed E-state index contributed by atoms with van der Waals surface area (Å²) in [5.74, 6) is 1.55. The highest BCUT2D eigenvalue weighted by Gasteiger charge is 2.25. The van der Waals surface area contributed by atoms with Gasteiger partial charge in [0.15, 0.2) is 0 Å². The molecule has 1 fully saturated rings. The van der Waals surface area contributed by atoms with Crippen LogP contribution in [0.1, 0.15) is 57.6 Å². The summed E-state index contributed by atoms with van der Waals surface area (Å²) < 4.78 is 5.55. The number of hydrogen-bond donors (Lipinski definition) is 0. The van der Waals surface area contributed by atoms with Gasteiger partial charge in [-0.15, -0.1) is 0 Å². The lowest BCUT2D eigenvalue weighted by atomic mass is 9.82. The van der Waals surface area contributed by atoms with Crippen molar-refractivity contribution < 1.29 is 4.74 Å². The van der Waals surface area contributed by atoms with Crippen LogP contribution in [0, 0.1) is 5.41 Å². The highest BCUT2D eigenvalue weighted by molar-refractivity contribution is 5.42. The first kappa shape index (κ1) is 16.4. The van der Waals surface area contributed by atoms with Crippen LogP contribution < -0.4 is 4.74 Å². The fraction of sp³-hybridized carbons (Fsp3) is 0.684. The predicted octanol–water partition coefficient (Wildman–Crippen LogP) is 4.48. The van der Waals surface area contributed by atoms with Crippen molar-refractivity contribution in [2.24, 2.45) is 5.41 Å². The van der Waals surface area contributed by atoms with Gasteiger partial charge in [0, 0.05) is 6.54 Å². The predicted molar refractivity (Wildman–Crippen MR) is 90.2 cm³/mol. The Bertz CT molecular complexity index is 455. The molecule has 1 aliphatic heterocycles. The lowest BCUT2D eigenvalue weighted by Crippen LogP contribution is -2.38. The molecule has 0 amide bonds. The molecular weight excluding hydrogens is 258 g/mol. The Labute approximate surface area is 130 Å². The van der Waals surface area contributed by atoms with Crippen molar-refractivity contribution in [3.8, 4) is 5.75 Å². The van der Waals surface area contributed by atoms with Gasteiger partial charge < -0.3 is 9.64 Å². The lowest BCUT2D eigenvalue weighted by molar-refractivity contribution is 0.134. The van der Waals surface area contributed by atoms with E-state index in [0.29, 0.717) is 11.3 Å². The number of methoxy groups -OCH3 is 1. The second-order valence-electron chi connectivity index (χ2n) is 7.44. The van der Waals surface area contributed by atoms with Gasteiger partial charge in [0.1, 0.15) is 5.75 Å². The Hall–Kier alpha value is -1.02. The van der Waals surface area contributed by atoms with Gasteiger partial charge >= 0.3 is 0 Å². The summed E-state index contributed by atoms with van der Waals surface area (Å²) in [6, 6.07) is 6.48. The van der Waals surface area contributed by atoms with Gasteiger partial charge in [0.2, 0.25) is 0 Å². The van der Waals surface area contributed by atoms with Crippen molar-refractivity contribution in [1.82, 2.24) is 4.90 Å². The Morgan fingerprint density at radius 2 is 1.86 bits per heavy atom. The number of ether oxygens (including phenoxy) is 1. The lowest BCUT2D eigenvalue weighted by Gasteiger charge is -2.37. The smallest absolute Gasteiger partial charge is 0.122 e. The molecule has 0 atom stereocenters. The Kier molecular flexibility index (Phi) is 5.32. The van der Waals surface area contributed by atoms with Gasteiger partial charge in [-0.25, -0.2) is 0 Å². The zero-order chi connectivity index (χ0) is 15.5. The molecule has 2 heteroatoms. The third-order valence-electron chi connectivity index (χ3n) is 4.86. The van der Waals surface area contributed by atoms with Gasteiger partial charge in [-0.3, -0.25) is 0 Å². The van der Waals surface area contributed by atoms with Gasteiger partial charge in [0.25, 0.3) is 0 Å². The third-order valence-corrected chi connectivity index (χ3v) is 4.86. The van der Waals surface area contributed by atoms with Crippen LogP contribution in [0.3, 0.4) is 0 Å². The van der Waals surface area contributed by atoms with E-state index in [2.05, 4.69) is 50.8 Å². The molecular formula is C19H31NO. The minimum Gasteiger partial charge on any atom is -0.496 e. The molecule has 1 saturated heterocycles. The van der Waals surface area contributed by atoms with E-state index in [-0.39, 0.29) is 0 Å². The molecule has 1 aliphatic rings. The summed E-state index contributed by atoms with van der Waals surface area (Å²) in [7, 11) is 1.78. The fourth-order valence-corrected chi connectivity index (χ4v) is 3.30. The second kappa shape index (κ2) is 6.83. The number of hydrogen-bond acceptors (Lipinski definition) is 2. The molecule has 1 aromatic rings. The molecule has 0 unspecified atom stereocenters. The summed E-state index contributed by atoms with van der Waals surface area (Å²) in [6.45, 7) is 13.0. The van der Waals surface area contributed by atoms with Crippen LogP contribution in [0.25, 0.3) is 0 Å². The SMILES string of the molecule is COc1cccc(CCN2CCC(C)(C)CC2)c1C(C)C. The van der Waals surface area contributed by atoms with Crippen LogP contribution in [0.15, 0.2) is 18.2 Å². The Balaban J connectivity index is 2.00. The quantitative estimate of drug-likeness (QED) is 0.792. The minimum atomic E-state index is 0.511. The Morgan fingerprint density at radius 3 is 2.43 bits per heavy atom. The molecule has 0 aromatic heterocycles. The molecule has 118 valence electrons. The minimum absolute atomic E-state index is 0.511. The second-order valence-corrected chi connectivity index (χ2v) is 7.44. The van der Waals surface area contributed by atoms with Crippen LogP contribution in [-0.4, -0.2) is 31.6 Å². The average molecular weight is 289 g/mol. The van der Waals surface area contributed by atoms with E-state index in [4.69, 9.17) is 4.74 Å². The van der Waals surface area contributed by atoms with E-state index < -0.39 is 0 Å². The van der Waals surface area contributed by atoms with E-state index in [9.17, 15) is 0 Å². The van der Waals surface area contributed by atoms with E-state index in [1.54, 1.807) is 7.11 Å². The van der Waals surface area contributed by atoms with Crippen LogP contribution in [0.4, 0.5) is 0 Å². The van der Waals surface area contributed by atoms with Gasteiger partial charge in [-0.05, 0) is 60.9 Å². The number of rotatable bonds is 5. The highest BCUT2D eigenvalue weighted by atomic mass is 16.5. The maximum Gasteiger partial charge on any atom is 0.122 e. The summed E-state index contributed by atoms with van der Waals surface area (Å²) in [5, 5.41) is 0. The molecule has 21 heavy (non-hydrogen) atoms. The first-order valence-corrected chi connectivity index (χ1v) is 8.31. The van der Waals surface area contributed by atoms with Crippen molar-refractivity contribution in [3.63, 3.8) is 0 Å². The summed E-state index contributed by atoms with van der Waals surface area (Å²) >= 11 is 0. The molecule has 0 aliphatic carbocycles. The maximum absolute atomic E-state index is 5.55. The van der Waals surface area contributed by atoms with Crippen LogP contribution in [0.5, 0.6) is 5.75 Å². The van der Waals surface area contributed by atoms with Crippen LogP contribution in [0.2, 0.25) is 0 Å². The highest BCUT2D eigenvalue weighted by Crippen LogP contribution is 2.32. The van der Waals surface area contributed by atoms with Gasteiger partial charge in [-0.1, -0.05) is 39.8 Å². The molecule has 0 saturated carbocycles. The van der Waals surface area contributed by atoms with Crippen molar-refractivity contribution in [1.29, 1.82) is 0 Å². The monoisotopic (exact) mass is 289 g/mol. The molecule has 1 aromatic carbocycles. The summed E-state index contributed by atoms with van der Waals surface area (Å²) in [4.78, 5) is 2.62. The topological polar surface area (TPSA) is 12.5 Å². The normalized spacial score (nSPS) is 19.0. The summed E-state index contributed by atoms with van der Waals surface area (Å²) in [5.41, 5.74) is 3.38. The maximum atomic E-state index is 5.55. The molecule has 0 radical (unpaired) electrons. The van der Waals surface area contributed by atoms with E-state index in [0.717, 1.165) is 12.2 Å². The number of piperidine rings is 1. The van der Waals surface area contributed by atoms with Crippen molar-refractivity contribution >= 4 is 0 Å². The zero-order valence-electron chi connectivity index (χ0n) is 14.4. The number of benzene rings is 1. The molecule has 1 heterocycles. The number of likely N-dealkylation sites (tertiary alicyclic amines) is 1. The molecule has 0 N–H and O–H groups in total. The van der Waals surface area contributed by atoms with Crippen LogP contribution in [-0.2, 0) is 6.42 Å². The molecule has 2 rings (SSSR count). The molecule has 0 spiro atoms. The number of nitrogens with zero attached hydrogens (tertiary/aromatic N) is 1. The standard InChI is InChI=1S/C19H31NO/c1-15(2)18-16(7-6-8-17(18)21-5)9-12-20-13-10-19(3,4)11-14-20/h6-8,15H,9-14H2,1-5H3. The average Bonchev–Trinajstić information content (AvgIpc) is 2.45. The van der Waals surface area contributed by atoms with Crippen molar-refractivity contribution in [2.75, 3.05) is 26.7 Å². The summed E-state index contributed by atoms with van der Waals surface area (Å²) in [6.07, 6.45) is 3.77. The first-order valence-electron chi connectivity index (χ1n) is 8.31. The van der Waals surface area contributed by atoms with E-state index in [1.165, 1.54) is 43.6 Å². The zero-order valence-corrected chi connectivity index (χ0v) is 14.4. The third kappa shape index (κ3) is 4.23. The van der Waals surface area contributed by atoms with E-state index in [1.807, 2.05) is 0 Å². The van der Waals surface area contributed by atoms with Crippen LogP contribution >= 0.6 is 0 Å². The Morgan fingerprint density at radius 1 is 1.19 bits per heavy atom. The van der Waals surface area contributed by atoms with Gasteiger partial charge in [0.05, 0.1) is 7.11 Å². The van der Waals surface area contributed by atoms with Gasteiger partial charge in [-0.2, -0.15) is 0 Å². The molecule has 2 nitrogen and oxygen atoms in total. The van der Waals surface area contributed by atoms with E-state index >= 15 is 0 Å². The first-order chi connectivity index (χ1) is 9.93.